The lowest BCUT2D eigenvalue weighted by molar-refractivity contribution is -0.117. The van der Waals surface area contributed by atoms with Gasteiger partial charge in [0.05, 0.1) is 30.1 Å². The zero-order valence-corrected chi connectivity index (χ0v) is 9.47. The van der Waals surface area contributed by atoms with Crippen molar-refractivity contribution in [2.75, 3.05) is 11.4 Å². The lowest BCUT2D eigenvalue weighted by Gasteiger charge is -2.10. The SMILES string of the molecule is Cc1cccc2[nH]c(N3CC(O)CC3=O)nc12. The summed E-state index contributed by atoms with van der Waals surface area (Å²) in [6.07, 6.45) is -0.410. The summed E-state index contributed by atoms with van der Waals surface area (Å²) in [7, 11) is 0. The zero-order valence-electron chi connectivity index (χ0n) is 9.47. The normalized spacial score (nSPS) is 20.5. The van der Waals surface area contributed by atoms with Crippen LogP contribution in [-0.4, -0.2) is 33.6 Å². The van der Waals surface area contributed by atoms with Gasteiger partial charge in [-0.2, -0.15) is 0 Å². The van der Waals surface area contributed by atoms with Crippen LogP contribution < -0.4 is 4.90 Å². The third-order valence-corrected chi connectivity index (χ3v) is 3.06. The molecule has 1 amide bonds. The second kappa shape index (κ2) is 3.56. The highest BCUT2D eigenvalue weighted by Crippen LogP contribution is 2.23. The van der Waals surface area contributed by atoms with Crippen LogP contribution in [0.2, 0.25) is 0 Å². The van der Waals surface area contributed by atoms with Crippen LogP contribution in [-0.2, 0) is 4.79 Å². The second-order valence-electron chi connectivity index (χ2n) is 4.39. The number of aliphatic hydroxyl groups excluding tert-OH is 1. The molecule has 1 aliphatic rings. The average Bonchev–Trinajstić information content (AvgIpc) is 2.82. The Bertz CT molecular complexity index is 590. The number of aliphatic hydroxyl groups is 1. The number of hydrogen-bond donors (Lipinski definition) is 2. The molecule has 0 saturated carbocycles. The highest BCUT2D eigenvalue weighted by atomic mass is 16.3. The van der Waals surface area contributed by atoms with Crippen molar-refractivity contribution in [3.05, 3.63) is 23.8 Å². The first-order valence-corrected chi connectivity index (χ1v) is 5.59. The van der Waals surface area contributed by atoms with E-state index in [-0.39, 0.29) is 12.3 Å². The Kier molecular flexibility index (Phi) is 2.16. The fraction of sp³-hybridized carbons (Fsp3) is 0.333. The molecule has 2 N–H and O–H groups in total. The van der Waals surface area contributed by atoms with E-state index in [1.165, 1.54) is 4.90 Å². The molecule has 2 heterocycles. The highest BCUT2D eigenvalue weighted by Gasteiger charge is 2.31. The molecule has 0 bridgehead atoms. The van der Waals surface area contributed by atoms with Crippen LogP contribution in [0.4, 0.5) is 5.95 Å². The number of benzene rings is 1. The lowest BCUT2D eigenvalue weighted by atomic mass is 10.2. The minimum Gasteiger partial charge on any atom is -0.391 e. The van der Waals surface area contributed by atoms with Crippen molar-refractivity contribution in [2.45, 2.75) is 19.4 Å². The molecule has 1 aromatic carbocycles. The average molecular weight is 231 g/mol. The maximum absolute atomic E-state index is 11.7. The van der Waals surface area contributed by atoms with Crippen LogP contribution in [0.15, 0.2) is 18.2 Å². The van der Waals surface area contributed by atoms with Crippen LogP contribution in [0.5, 0.6) is 0 Å². The van der Waals surface area contributed by atoms with Crippen molar-refractivity contribution in [2.24, 2.45) is 0 Å². The number of imidazole rings is 1. The maximum Gasteiger partial charge on any atom is 0.232 e. The van der Waals surface area contributed by atoms with Crippen LogP contribution in [0.25, 0.3) is 11.0 Å². The van der Waals surface area contributed by atoms with Crippen molar-refractivity contribution in [1.82, 2.24) is 9.97 Å². The predicted molar refractivity (Wildman–Crippen MR) is 63.8 cm³/mol. The zero-order chi connectivity index (χ0) is 12.0. The number of fused-ring (bicyclic) bond motifs is 1. The van der Waals surface area contributed by atoms with E-state index >= 15 is 0 Å². The van der Waals surface area contributed by atoms with Crippen molar-refractivity contribution in [1.29, 1.82) is 0 Å². The van der Waals surface area contributed by atoms with E-state index in [1.807, 2.05) is 25.1 Å². The molecule has 1 saturated heterocycles. The number of carbonyl (C=O) groups is 1. The summed E-state index contributed by atoms with van der Waals surface area (Å²) < 4.78 is 0. The van der Waals surface area contributed by atoms with Crippen molar-refractivity contribution in [3.63, 3.8) is 0 Å². The predicted octanol–water partition coefficient (Wildman–Crippen LogP) is 0.969. The summed E-state index contributed by atoms with van der Waals surface area (Å²) in [5.74, 6) is 0.435. The van der Waals surface area contributed by atoms with Crippen LogP contribution in [0, 0.1) is 6.92 Å². The molecular weight excluding hydrogens is 218 g/mol. The van der Waals surface area contributed by atoms with E-state index in [4.69, 9.17) is 0 Å². The van der Waals surface area contributed by atoms with Gasteiger partial charge in [0.15, 0.2) is 0 Å². The number of aromatic nitrogens is 2. The van der Waals surface area contributed by atoms with Gasteiger partial charge in [-0.15, -0.1) is 0 Å². The number of hydrogen-bond acceptors (Lipinski definition) is 3. The number of aryl methyl sites for hydroxylation is 1. The molecule has 1 fully saturated rings. The van der Waals surface area contributed by atoms with E-state index in [9.17, 15) is 9.90 Å². The molecule has 1 atom stereocenters. The van der Waals surface area contributed by atoms with E-state index < -0.39 is 6.10 Å². The summed E-state index contributed by atoms with van der Waals surface area (Å²) in [5.41, 5.74) is 2.85. The summed E-state index contributed by atoms with van der Waals surface area (Å²) in [5, 5.41) is 9.46. The van der Waals surface area contributed by atoms with E-state index in [2.05, 4.69) is 9.97 Å². The van der Waals surface area contributed by atoms with Crippen molar-refractivity contribution in [3.8, 4) is 0 Å². The standard InChI is InChI=1S/C12H13N3O2/c1-7-3-2-4-9-11(7)14-12(13-9)15-6-8(16)5-10(15)17/h2-4,8,16H,5-6H2,1H3,(H,13,14). The Morgan fingerprint density at radius 3 is 3.00 bits per heavy atom. The minimum atomic E-state index is -0.586. The van der Waals surface area contributed by atoms with Crippen LogP contribution >= 0.6 is 0 Å². The molecule has 3 rings (SSSR count). The summed E-state index contributed by atoms with van der Waals surface area (Å²) >= 11 is 0. The van der Waals surface area contributed by atoms with Gasteiger partial charge in [-0.25, -0.2) is 4.98 Å². The Labute approximate surface area is 98.1 Å². The molecular formula is C12H13N3O2. The molecule has 5 heteroatoms. The molecule has 0 spiro atoms. The van der Waals surface area contributed by atoms with E-state index in [0.29, 0.717) is 12.5 Å². The van der Waals surface area contributed by atoms with Gasteiger partial charge in [-0.1, -0.05) is 12.1 Å². The van der Waals surface area contributed by atoms with Gasteiger partial charge in [-0.05, 0) is 18.6 Å². The fourth-order valence-corrected chi connectivity index (χ4v) is 2.18. The molecule has 5 nitrogen and oxygen atoms in total. The number of carbonyl (C=O) groups excluding carboxylic acids is 1. The quantitative estimate of drug-likeness (QED) is 0.768. The highest BCUT2D eigenvalue weighted by molar-refractivity contribution is 5.96. The number of nitrogens with one attached hydrogen (secondary N) is 1. The van der Waals surface area contributed by atoms with Gasteiger partial charge < -0.3 is 10.1 Å². The third kappa shape index (κ3) is 1.59. The van der Waals surface area contributed by atoms with E-state index in [0.717, 1.165) is 16.6 Å². The molecule has 1 aromatic heterocycles. The number of para-hydroxylation sites is 1. The lowest BCUT2D eigenvalue weighted by Crippen LogP contribution is -2.26. The number of nitrogens with zero attached hydrogens (tertiary/aromatic N) is 2. The number of H-pyrrole nitrogens is 1. The fourth-order valence-electron chi connectivity index (χ4n) is 2.18. The van der Waals surface area contributed by atoms with Gasteiger partial charge in [0.1, 0.15) is 0 Å². The monoisotopic (exact) mass is 231 g/mol. The first-order valence-electron chi connectivity index (χ1n) is 5.59. The van der Waals surface area contributed by atoms with Gasteiger partial charge in [-0.3, -0.25) is 9.69 Å². The Balaban J connectivity index is 2.07. The van der Waals surface area contributed by atoms with Crippen LogP contribution in [0.1, 0.15) is 12.0 Å². The number of anilines is 1. The van der Waals surface area contributed by atoms with Gasteiger partial charge >= 0.3 is 0 Å². The smallest absolute Gasteiger partial charge is 0.232 e. The molecule has 1 aliphatic heterocycles. The second-order valence-corrected chi connectivity index (χ2v) is 4.39. The van der Waals surface area contributed by atoms with Crippen molar-refractivity contribution < 1.29 is 9.90 Å². The van der Waals surface area contributed by atoms with Crippen molar-refractivity contribution >= 4 is 22.9 Å². The third-order valence-electron chi connectivity index (χ3n) is 3.06. The Morgan fingerprint density at radius 1 is 1.53 bits per heavy atom. The molecule has 1 unspecified atom stereocenters. The largest absolute Gasteiger partial charge is 0.391 e. The van der Waals surface area contributed by atoms with Gasteiger partial charge in [0.25, 0.3) is 0 Å². The minimum absolute atomic E-state index is 0.0887. The number of rotatable bonds is 1. The Morgan fingerprint density at radius 2 is 2.35 bits per heavy atom. The van der Waals surface area contributed by atoms with Gasteiger partial charge in [0, 0.05) is 0 Å². The molecule has 0 radical (unpaired) electrons. The maximum atomic E-state index is 11.7. The number of amides is 1. The molecule has 2 aromatic rings. The molecule has 0 aliphatic carbocycles. The summed E-state index contributed by atoms with van der Waals surface area (Å²) in [6, 6.07) is 5.85. The molecule has 17 heavy (non-hydrogen) atoms. The Hall–Kier alpha value is -1.88. The first kappa shape index (κ1) is 10.3. The number of β-amino-alcohol motifs (C(OH)–C–C–N with tert-alkyl or cyclic N) is 1. The van der Waals surface area contributed by atoms with Crippen LogP contribution in [0.3, 0.4) is 0 Å². The van der Waals surface area contributed by atoms with Gasteiger partial charge in [0.2, 0.25) is 11.9 Å². The van der Waals surface area contributed by atoms with E-state index in [1.54, 1.807) is 0 Å². The topological polar surface area (TPSA) is 69.2 Å². The number of aromatic amines is 1. The molecule has 88 valence electrons. The summed E-state index contributed by atoms with van der Waals surface area (Å²) in [4.78, 5) is 20.7. The first-order chi connectivity index (χ1) is 8.15. The summed E-state index contributed by atoms with van der Waals surface area (Å²) in [6.45, 7) is 2.30.